The van der Waals surface area contributed by atoms with Crippen LogP contribution in [-0.4, -0.2) is 30.2 Å². The largest absolute Gasteiger partial charge is 0.481 e. The first kappa shape index (κ1) is 23.3. The van der Waals surface area contributed by atoms with Crippen LogP contribution in [0.4, 0.5) is 0 Å². The molecular formula is C28H33NO4S. The number of carboxylic acids is 1. The average molecular weight is 480 g/mol. The Balaban J connectivity index is 1.37. The molecule has 0 spiro atoms. The highest BCUT2D eigenvalue weighted by Crippen LogP contribution is 2.63. The zero-order valence-electron chi connectivity index (χ0n) is 20.0. The van der Waals surface area contributed by atoms with Gasteiger partial charge < -0.3 is 5.11 Å². The predicted octanol–water partition coefficient (Wildman–Crippen LogP) is 5.58. The fourth-order valence-electron chi connectivity index (χ4n) is 7.00. The van der Waals surface area contributed by atoms with Crippen molar-refractivity contribution in [2.24, 2.45) is 17.3 Å². The monoisotopic (exact) mass is 479 g/mol. The number of aryl methyl sites for hydroxylation is 2. The van der Waals surface area contributed by atoms with E-state index >= 15 is 0 Å². The Labute approximate surface area is 202 Å². The lowest BCUT2D eigenvalue weighted by molar-refractivity contribution is -0.137. The van der Waals surface area contributed by atoms with E-state index < -0.39 is 15.8 Å². The molecule has 1 saturated carbocycles. The van der Waals surface area contributed by atoms with E-state index in [9.17, 15) is 13.2 Å². The van der Waals surface area contributed by atoms with Crippen molar-refractivity contribution in [3.8, 4) is 0 Å². The molecule has 3 aliphatic carbocycles. The highest BCUT2D eigenvalue weighted by atomic mass is 32.2. The van der Waals surface area contributed by atoms with Gasteiger partial charge in [0, 0.05) is 18.8 Å². The van der Waals surface area contributed by atoms with Crippen molar-refractivity contribution in [2.45, 2.75) is 69.6 Å². The summed E-state index contributed by atoms with van der Waals surface area (Å²) in [6, 6.07) is 7.92. The number of aliphatic carboxylic acids is 1. The van der Waals surface area contributed by atoms with Crippen LogP contribution in [0.3, 0.4) is 0 Å². The van der Waals surface area contributed by atoms with Gasteiger partial charge >= 0.3 is 5.97 Å². The maximum absolute atomic E-state index is 12.8. The number of hydrogen-bond donors (Lipinski definition) is 1. The second kappa shape index (κ2) is 8.63. The molecule has 5 rings (SSSR count). The smallest absolute Gasteiger partial charge is 0.303 e. The number of hydrogen-bond acceptors (Lipinski definition) is 4. The molecule has 5 nitrogen and oxygen atoms in total. The molecule has 0 aliphatic heterocycles. The first-order chi connectivity index (χ1) is 16.2. The minimum Gasteiger partial charge on any atom is -0.481 e. The topological polar surface area (TPSA) is 84.3 Å². The molecule has 0 radical (unpaired) electrons. The van der Waals surface area contributed by atoms with Gasteiger partial charge in [0.2, 0.25) is 0 Å². The molecular weight excluding hydrogens is 446 g/mol. The summed E-state index contributed by atoms with van der Waals surface area (Å²) in [5, 5.41) is 8.82. The Morgan fingerprint density at radius 3 is 2.79 bits per heavy atom. The van der Waals surface area contributed by atoms with Gasteiger partial charge in [-0.2, -0.15) is 0 Å². The van der Waals surface area contributed by atoms with E-state index in [1.165, 1.54) is 27.8 Å². The van der Waals surface area contributed by atoms with E-state index in [0.29, 0.717) is 22.6 Å². The second-order valence-corrected chi connectivity index (χ2v) is 12.8. The summed E-state index contributed by atoms with van der Waals surface area (Å²) in [5.41, 5.74) is 6.57. The lowest BCUT2D eigenvalue weighted by atomic mass is 9.54. The number of pyridine rings is 1. The maximum Gasteiger partial charge on any atom is 0.303 e. The van der Waals surface area contributed by atoms with Gasteiger partial charge in [0.25, 0.3) is 0 Å². The van der Waals surface area contributed by atoms with Crippen LogP contribution in [0, 0.1) is 24.2 Å². The highest BCUT2D eigenvalue weighted by molar-refractivity contribution is 7.91. The number of carbonyl (C=O) groups is 1. The molecule has 1 fully saturated rings. The van der Waals surface area contributed by atoms with Crippen molar-refractivity contribution < 1.29 is 18.3 Å². The van der Waals surface area contributed by atoms with Crippen molar-refractivity contribution in [1.82, 2.24) is 4.98 Å². The molecule has 4 atom stereocenters. The molecule has 0 amide bonds. The van der Waals surface area contributed by atoms with Gasteiger partial charge in [-0.25, -0.2) is 8.42 Å². The summed E-state index contributed by atoms with van der Waals surface area (Å²) in [6.07, 6.45) is 11.7. The standard InChI is InChI=1S/C28H33NO4S/c1-18-14-20(17-29-16-18)25-9-10-26-24-7-5-19-15-21(34(32,33)13-3-4-27(30)31)6-8-22(19)23(24)11-12-28(25,26)2/h6,8-9,14-17,23-24,26H,3-5,7,10-13H2,1-2H3,(H,30,31)/t23-,24-,26+,28-/m1/s1. The minimum atomic E-state index is -3.46. The molecule has 2 aromatic rings. The van der Waals surface area contributed by atoms with Crippen molar-refractivity contribution in [2.75, 3.05) is 5.75 Å². The number of rotatable bonds is 6. The molecule has 3 aliphatic rings. The summed E-state index contributed by atoms with van der Waals surface area (Å²) in [6.45, 7) is 4.54. The van der Waals surface area contributed by atoms with Gasteiger partial charge in [0.15, 0.2) is 9.84 Å². The lowest BCUT2D eigenvalue weighted by Crippen LogP contribution is -2.41. The van der Waals surface area contributed by atoms with Gasteiger partial charge in [0.1, 0.15) is 0 Å². The molecule has 1 aromatic carbocycles. The van der Waals surface area contributed by atoms with Crippen molar-refractivity contribution in [3.05, 3.63) is 65.0 Å². The number of fused-ring (bicyclic) bond motifs is 5. The van der Waals surface area contributed by atoms with Crippen LogP contribution < -0.4 is 0 Å². The van der Waals surface area contributed by atoms with Crippen LogP contribution in [-0.2, 0) is 21.1 Å². The number of aromatic nitrogens is 1. The Kier molecular flexibility index (Phi) is 5.91. The minimum absolute atomic E-state index is 0.118. The fraction of sp³-hybridized carbons (Fsp3) is 0.500. The Bertz CT molecular complexity index is 1260. The molecule has 180 valence electrons. The lowest BCUT2D eigenvalue weighted by Gasteiger charge is -2.50. The van der Waals surface area contributed by atoms with Gasteiger partial charge in [-0.15, -0.1) is 0 Å². The van der Waals surface area contributed by atoms with Gasteiger partial charge in [-0.1, -0.05) is 19.1 Å². The van der Waals surface area contributed by atoms with E-state index in [4.69, 9.17) is 5.11 Å². The van der Waals surface area contributed by atoms with Gasteiger partial charge in [0.05, 0.1) is 10.6 Å². The number of allylic oxidation sites excluding steroid dienone is 2. The van der Waals surface area contributed by atoms with E-state index in [1.54, 1.807) is 6.07 Å². The zero-order valence-corrected chi connectivity index (χ0v) is 20.8. The SMILES string of the molecule is Cc1cncc(C2=CC[C@H]3[C@@H]4CCc5cc(S(=O)(=O)CCCC(=O)O)ccc5[C@H]4CC[C@]23C)c1. The molecule has 6 heteroatoms. The van der Waals surface area contributed by atoms with E-state index in [1.807, 2.05) is 24.5 Å². The Morgan fingerprint density at radius 1 is 1.21 bits per heavy atom. The first-order valence-corrected chi connectivity index (χ1v) is 14.0. The van der Waals surface area contributed by atoms with Gasteiger partial charge in [-0.3, -0.25) is 9.78 Å². The molecule has 1 aromatic heterocycles. The van der Waals surface area contributed by atoms with E-state index in [0.717, 1.165) is 32.1 Å². The number of sulfone groups is 1. The van der Waals surface area contributed by atoms with Crippen molar-refractivity contribution >= 4 is 21.4 Å². The third-order valence-electron chi connectivity index (χ3n) is 8.63. The van der Waals surface area contributed by atoms with Crippen LogP contribution >= 0.6 is 0 Å². The average Bonchev–Trinajstić information content (AvgIpc) is 3.15. The molecule has 0 saturated heterocycles. The number of nitrogens with zero attached hydrogens (tertiary/aromatic N) is 1. The summed E-state index contributed by atoms with van der Waals surface area (Å²) in [5.74, 6) is 0.616. The third-order valence-corrected chi connectivity index (χ3v) is 10.4. The van der Waals surface area contributed by atoms with E-state index in [-0.39, 0.29) is 24.0 Å². The highest BCUT2D eigenvalue weighted by Gasteiger charge is 2.52. The van der Waals surface area contributed by atoms with Crippen LogP contribution in [0.5, 0.6) is 0 Å². The van der Waals surface area contributed by atoms with Crippen LogP contribution in [0.2, 0.25) is 0 Å². The fourth-order valence-corrected chi connectivity index (χ4v) is 8.36. The van der Waals surface area contributed by atoms with Crippen molar-refractivity contribution in [1.29, 1.82) is 0 Å². The Morgan fingerprint density at radius 2 is 2.03 bits per heavy atom. The summed E-state index contributed by atoms with van der Waals surface area (Å²) in [7, 11) is -3.46. The van der Waals surface area contributed by atoms with Crippen LogP contribution in [0.15, 0.2) is 47.6 Å². The normalized spacial score (nSPS) is 27.9. The van der Waals surface area contributed by atoms with Gasteiger partial charge in [-0.05, 0) is 115 Å². The number of benzene rings is 1. The third kappa shape index (κ3) is 4.00. The maximum atomic E-state index is 12.8. The van der Waals surface area contributed by atoms with E-state index in [2.05, 4.69) is 31.0 Å². The predicted molar refractivity (Wildman–Crippen MR) is 132 cm³/mol. The Hall–Kier alpha value is -2.47. The molecule has 1 N–H and O–H groups in total. The van der Waals surface area contributed by atoms with Crippen LogP contribution in [0.25, 0.3) is 5.57 Å². The quantitative estimate of drug-likeness (QED) is 0.585. The molecule has 1 heterocycles. The second-order valence-electron chi connectivity index (χ2n) is 10.7. The summed E-state index contributed by atoms with van der Waals surface area (Å²) < 4.78 is 25.5. The summed E-state index contributed by atoms with van der Waals surface area (Å²) >= 11 is 0. The van der Waals surface area contributed by atoms with Crippen molar-refractivity contribution in [3.63, 3.8) is 0 Å². The molecule has 0 unspecified atom stereocenters. The molecule has 0 bridgehead atoms. The molecule has 34 heavy (non-hydrogen) atoms. The summed E-state index contributed by atoms with van der Waals surface area (Å²) in [4.78, 5) is 15.5. The first-order valence-electron chi connectivity index (χ1n) is 12.4. The number of carboxylic acid groups (broad SMARTS) is 1. The zero-order chi connectivity index (χ0) is 24.1. The van der Waals surface area contributed by atoms with Crippen LogP contribution in [0.1, 0.15) is 73.6 Å².